The van der Waals surface area contributed by atoms with Crippen LogP contribution in [0.1, 0.15) is 5.56 Å². The SMILES string of the molecule is Cc1cc(-c2ccc(F)cc2F)ncc1-c1ccncc1. The maximum Gasteiger partial charge on any atom is 0.135 e. The molecule has 3 aromatic rings. The second-order valence-electron chi connectivity index (χ2n) is 4.74. The van der Waals surface area contributed by atoms with Gasteiger partial charge in [-0.05, 0) is 48.4 Å². The lowest BCUT2D eigenvalue weighted by atomic mass is 10.0. The number of aryl methyl sites for hydroxylation is 1. The van der Waals surface area contributed by atoms with Crippen molar-refractivity contribution in [2.45, 2.75) is 6.92 Å². The summed E-state index contributed by atoms with van der Waals surface area (Å²) in [6.07, 6.45) is 5.12. The molecule has 0 aliphatic rings. The van der Waals surface area contributed by atoms with Crippen molar-refractivity contribution >= 4 is 0 Å². The van der Waals surface area contributed by atoms with Crippen LogP contribution in [0.3, 0.4) is 0 Å². The first-order chi connectivity index (χ1) is 10.1. The molecule has 0 saturated heterocycles. The first-order valence-electron chi connectivity index (χ1n) is 6.47. The average Bonchev–Trinajstić information content (AvgIpc) is 2.48. The molecule has 0 spiro atoms. The van der Waals surface area contributed by atoms with Crippen LogP contribution in [0.2, 0.25) is 0 Å². The summed E-state index contributed by atoms with van der Waals surface area (Å²) in [6.45, 7) is 1.93. The van der Waals surface area contributed by atoms with Gasteiger partial charge in [-0.1, -0.05) is 0 Å². The molecule has 1 aromatic carbocycles. The molecule has 2 aromatic heterocycles. The quantitative estimate of drug-likeness (QED) is 0.696. The Morgan fingerprint density at radius 3 is 2.33 bits per heavy atom. The van der Waals surface area contributed by atoms with Gasteiger partial charge >= 0.3 is 0 Å². The molecule has 0 bridgehead atoms. The van der Waals surface area contributed by atoms with Crippen LogP contribution < -0.4 is 0 Å². The summed E-state index contributed by atoms with van der Waals surface area (Å²) in [5, 5.41) is 0. The van der Waals surface area contributed by atoms with Crippen molar-refractivity contribution in [3.05, 3.63) is 72.2 Å². The van der Waals surface area contributed by atoms with E-state index < -0.39 is 11.6 Å². The Morgan fingerprint density at radius 1 is 0.905 bits per heavy atom. The lowest BCUT2D eigenvalue weighted by molar-refractivity contribution is 0.585. The van der Waals surface area contributed by atoms with E-state index in [1.807, 2.05) is 19.1 Å². The fourth-order valence-corrected chi connectivity index (χ4v) is 2.23. The van der Waals surface area contributed by atoms with E-state index in [1.54, 1.807) is 24.7 Å². The molecular formula is C17H12F2N2. The number of pyridine rings is 2. The third-order valence-corrected chi connectivity index (χ3v) is 3.31. The third kappa shape index (κ3) is 2.65. The van der Waals surface area contributed by atoms with Crippen molar-refractivity contribution in [1.82, 2.24) is 9.97 Å². The van der Waals surface area contributed by atoms with Crippen LogP contribution in [-0.2, 0) is 0 Å². The van der Waals surface area contributed by atoms with Crippen molar-refractivity contribution in [1.29, 1.82) is 0 Å². The van der Waals surface area contributed by atoms with Crippen LogP contribution >= 0.6 is 0 Å². The van der Waals surface area contributed by atoms with Crippen molar-refractivity contribution in [3.8, 4) is 22.4 Å². The van der Waals surface area contributed by atoms with E-state index in [2.05, 4.69) is 9.97 Å². The van der Waals surface area contributed by atoms with Gasteiger partial charge in [0.15, 0.2) is 0 Å². The standard InChI is InChI=1S/C17H12F2N2/c1-11-8-17(14-3-2-13(18)9-16(14)19)21-10-15(11)12-4-6-20-7-5-12/h2-10H,1H3. The normalized spacial score (nSPS) is 10.6. The first kappa shape index (κ1) is 13.4. The molecule has 2 heterocycles. The van der Waals surface area contributed by atoms with Gasteiger partial charge in [0, 0.05) is 35.8 Å². The highest BCUT2D eigenvalue weighted by Crippen LogP contribution is 2.27. The molecule has 0 unspecified atom stereocenters. The number of hydrogen-bond acceptors (Lipinski definition) is 2. The van der Waals surface area contributed by atoms with E-state index >= 15 is 0 Å². The van der Waals surface area contributed by atoms with Gasteiger partial charge in [0.25, 0.3) is 0 Å². The fraction of sp³-hybridized carbons (Fsp3) is 0.0588. The Balaban J connectivity index is 2.06. The minimum Gasteiger partial charge on any atom is -0.265 e. The molecule has 104 valence electrons. The summed E-state index contributed by atoms with van der Waals surface area (Å²) in [5.41, 5.74) is 3.71. The summed E-state index contributed by atoms with van der Waals surface area (Å²) in [7, 11) is 0. The van der Waals surface area contributed by atoms with Gasteiger partial charge in [0.05, 0.1) is 5.69 Å². The highest BCUT2D eigenvalue weighted by atomic mass is 19.1. The highest BCUT2D eigenvalue weighted by molar-refractivity contribution is 5.70. The van der Waals surface area contributed by atoms with Crippen molar-refractivity contribution < 1.29 is 8.78 Å². The maximum atomic E-state index is 13.8. The van der Waals surface area contributed by atoms with Crippen LogP contribution in [0.15, 0.2) is 55.0 Å². The summed E-state index contributed by atoms with van der Waals surface area (Å²) in [6, 6.07) is 9.07. The molecular weight excluding hydrogens is 270 g/mol. The molecule has 0 N–H and O–H groups in total. The van der Waals surface area contributed by atoms with Crippen LogP contribution in [0.4, 0.5) is 8.78 Å². The molecule has 0 atom stereocenters. The van der Waals surface area contributed by atoms with Crippen LogP contribution in [-0.4, -0.2) is 9.97 Å². The molecule has 0 saturated carbocycles. The molecule has 0 aliphatic carbocycles. The molecule has 3 rings (SSSR count). The smallest absolute Gasteiger partial charge is 0.135 e. The minimum atomic E-state index is -0.612. The van der Waals surface area contributed by atoms with Gasteiger partial charge in [-0.3, -0.25) is 9.97 Å². The van der Waals surface area contributed by atoms with Gasteiger partial charge in [-0.2, -0.15) is 0 Å². The number of halogens is 2. The lowest BCUT2D eigenvalue weighted by Crippen LogP contribution is -1.92. The van der Waals surface area contributed by atoms with Gasteiger partial charge in [-0.15, -0.1) is 0 Å². The van der Waals surface area contributed by atoms with Gasteiger partial charge in [0.2, 0.25) is 0 Å². The van der Waals surface area contributed by atoms with Gasteiger partial charge in [0.1, 0.15) is 11.6 Å². The summed E-state index contributed by atoms with van der Waals surface area (Å²) in [5.74, 6) is -1.21. The second-order valence-corrected chi connectivity index (χ2v) is 4.74. The second kappa shape index (κ2) is 5.40. The maximum absolute atomic E-state index is 13.8. The van der Waals surface area contributed by atoms with Gasteiger partial charge < -0.3 is 0 Å². The Kier molecular flexibility index (Phi) is 3.44. The third-order valence-electron chi connectivity index (χ3n) is 3.31. The molecule has 21 heavy (non-hydrogen) atoms. The summed E-state index contributed by atoms with van der Waals surface area (Å²) in [4.78, 5) is 8.27. The van der Waals surface area contributed by atoms with E-state index in [0.717, 1.165) is 22.8 Å². The van der Waals surface area contributed by atoms with Crippen LogP contribution in [0.25, 0.3) is 22.4 Å². The minimum absolute atomic E-state index is 0.292. The zero-order valence-corrected chi connectivity index (χ0v) is 11.3. The van der Waals surface area contributed by atoms with E-state index in [9.17, 15) is 8.78 Å². The number of rotatable bonds is 2. The van der Waals surface area contributed by atoms with Crippen LogP contribution in [0, 0.1) is 18.6 Å². The molecule has 2 nitrogen and oxygen atoms in total. The zero-order valence-electron chi connectivity index (χ0n) is 11.3. The molecule has 0 fully saturated rings. The monoisotopic (exact) mass is 282 g/mol. The van der Waals surface area contributed by atoms with E-state index in [4.69, 9.17) is 0 Å². The number of benzene rings is 1. The predicted octanol–water partition coefficient (Wildman–Crippen LogP) is 4.40. The largest absolute Gasteiger partial charge is 0.265 e. The Morgan fingerprint density at radius 2 is 1.67 bits per heavy atom. The van der Waals surface area contributed by atoms with Crippen molar-refractivity contribution in [2.24, 2.45) is 0 Å². The highest BCUT2D eigenvalue weighted by Gasteiger charge is 2.10. The first-order valence-corrected chi connectivity index (χ1v) is 6.47. The summed E-state index contributed by atoms with van der Waals surface area (Å²) >= 11 is 0. The predicted molar refractivity (Wildman–Crippen MR) is 77.6 cm³/mol. The molecule has 0 aliphatic heterocycles. The lowest BCUT2D eigenvalue weighted by Gasteiger charge is -2.09. The number of aromatic nitrogens is 2. The summed E-state index contributed by atoms with van der Waals surface area (Å²) < 4.78 is 26.8. The Labute approximate surface area is 121 Å². The van der Waals surface area contributed by atoms with Crippen LogP contribution in [0.5, 0.6) is 0 Å². The van der Waals surface area contributed by atoms with Gasteiger partial charge in [-0.25, -0.2) is 8.78 Å². The number of nitrogens with zero attached hydrogens (tertiary/aromatic N) is 2. The van der Waals surface area contributed by atoms with E-state index in [0.29, 0.717) is 11.3 Å². The fourth-order valence-electron chi connectivity index (χ4n) is 2.23. The van der Waals surface area contributed by atoms with E-state index in [1.165, 1.54) is 12.1 Å². The average molecular weight is 282 g/mol. The molecule has 0 amide bonds. The molecule has 4 heteroatoms. The van der Waals surface area contributed by atoms with Crippen molar-refractivity contribution in [3.63, 3.8) is 0 Å². The Bertz CT molecular complexity index is 786. The van der Waals surface area contributed by atoms with E-state index in [-0.39, 0.29) is 0 Å². The topological polar surface area (TPSA) is 25.8 Å². The Hall–Kier alpha value is -2.62. The van der Waals surface area contributed by atoms with Crippen molar-refractivity contribution in [2.75, 3.05) is 0 Å². The number of hydrogen-bond donors (Lipinski definition) is 0. The molecule has 0 radical (unpaired) electrons. The zero-order chi connectivity index (χ0) is 14.8.